The molecule has 100 valence electrons. The van der Waals surface area contributed by atoms with E-state index in [0.29, 0.717) is 11.4 Å². The maximum Gasteiger partial charge on any atom is 0.278 e. The van der Waals surface area contributed by atoms with E-state index in [1.165, 1.54) is 13.3 Å². The van der Waals surface area contributed by atoms with Gasteiger partial charge in [-0.2, -0.15) is 5.10 Å². The van der Waals surface area contributed by atoms with Crippen LogP contribution in [0.3, 0.4) is 0 Å². The Hall–Kier alpha value is -2.21. The molecule has 0 aromatic carbocycles. The Balaban J connectivity index is 2.49. The molecular weight excluding hydrogens is 244 g/mol. The minimum absolute atomic E-state index is 0.127. The molecule has 0 saturated heterocycles. The predicted octanol–water partition coefficient (Wildman–Crippen LogP) is 1.68. The number of nitrogens with one attached hydrogen (secondary N) is 1. The van der Waals surface area contributed by atoms with Gasteiger partial charge < -0.3 is 0 Å². The Bertz CT molecular complexity index is 563. The van der Waals surface area contributed by atoms with Crippen LogP contribution in [-0.4, -0.2) is 27.8 Å². The lowest BCUT2D eigenvalue weighted by atomic mass is 10.1. The van der Waals surface area contributed by atoms with Crippen LogP contribution in [0.25, 0.3) is 5.82 Å². The minimum Gasteiger partial charge on any atom is -0.277 e. The monoisotopic (exact) mass is 260 g/mol. The first-order chi connectivity index (χ1) is 9.15. The third-order valence-electron chi connectivity index (χ3n) is 2.66. The van der Waals surface area contributed by atoms with Crippen molar-refractivity contribution in [3.63, 3.8) is 0 Å². The lowest BCUT2D eigenvalue weighted by Gasteiger charge is -2.11. The van der Waals surface area contributed by atoms with Gasteiger partial charge in [-0.15, -0.1) is 0 Å². The molecule has 2 rings (SSSR count). The lowest BCUT2D eigenvalue weighted by molar-refractivity contribution is 0.0536. The maximum absolute atomic E-state index is 11.9. The summed E-state index contributed by atoms with van der Waals surface area (Å²) < 4.78 is 1.68. The molecule has 2 aromatic heterocycles. The van der Waals surface area contributed by atoms with Gasteiger partial charge >= 0.3 is 0 Å². The van der Waals surface area contributed by atoms with Crippen LogP contribution >= 0.6 is 0 Å². The van der Waals surface area contributed by atoms with E-state index in [2.05, 4.69) is 20.4 Å². The van der Waals surface area contributed by atoms with Gasteiger partial charge in [-0.1, -0.05) is 19.9 Å². The highest BCUT2D eigenvalue weighted by molar-refractivity contribution is 5.94. The fourth-order valence-corrected chi connectivity index (χ4v) is 1.90. The maximum atomic E-state index is 11.9. The molecule has 19 heavy (non-hydrogen) atoms. The fraction of sp³-hybridized carbons (Fsp3) is 0.308. The molecule has 0 aliphatic carbocycles. The summed E-state index contributed by atoms with van der Waals surface area (Å²) >= 11 is 0. The van der Waals surface area contributed by atoms with Crippen molar-refractivity contribution < 1.29 is 9.63 Å². The molecule has 0 atom stereocenters. The first kappa shape index (κ1) is 13.2. The second-order valence-corrected chi connectivity index (χ2v) is 4.33. The third-order valence-corrected chi connectivity index (χ3v) is 2.66. The molecule has 2 aromatic rings. The average molecular weight is 260 g/mol. The molecule has 0 unspecified atom stereocenters. The molecule has 0 aliphatic rings. The molecule has 6 nitrogen and oxygen atoms in total. The number of aromatic nitrogens is 3. The summed E-state index contributed by atoms with van der Waals surface area (Å²) in [5.41, 5.74) is 3.60. The normalized spacial score (nSPS) is 10.7. The third kappa shape index (κ3) is 2.63. The Morgan fingerprint density at radius 2 is 2.21 bits per heavy atom. The average Bonchev–Trinajstić information content (AvgIpc) is 2.85. The predicted molar refractivity (Wildman–Crippen MR) is 69.9 cm³/mol. The van der Waals surface area contributed by atoms with E-state index < -0.39 is 0 Å². The van der Waals surface area contributed by atoms with Gasteiger partial charge in [0, 0.05) is 6.20 Å². The SMILES string of the molecule is CONC(=O)c1cnn(-c2ccccn2)c1C(C)C. The molecule has 1 amide bonds. The summed E-state index contributed by atoms with van der Waals surface area (Å²) in [6.07, 6.45) is 3.22. The number of hydrogen-bond acceptors (Lipinski definition) is 4. The highest BCUT2D eigenvalue weighted by atomic mass is 16.6. The van der Waals surface area contributed by atoms with Crippen molar-refractivity contribution in [1.29, 1.82) is 0 Å². The van der Waals surface area contributed by atoms with Gasteiger partial charge in [0.15, 0.2) is 5.82 Å². The van der Waals surface area contributed by atoms with Gasteiger partial charge in [-0.05, 0) is 18.1 Å². The Morgan fingerprint density at radius 1 is 1.42 bits per heavy atom. The molecular formula is C13H16N4O2. The second-order valence-electron chi connectivity index (χ2n) is 4.33. The summed E-state index contributed by atoms with van der Waals surface area (Å²) in [7, 11) is 1.40. The van der Waals surface area contributed by atoms with Crippen LogP contribution in [0.4, 0.5) is 0 Å². The van der Waals surface area contributed by atoms with E-state index in [-0.39, 0.29) is 11.8 Å². The largest absolute Gasteiger partial charge is 0.278 e. The van der Waals surface area contributed by atoms with Crippen LogP contribution in [-0.2, 0) is 4.84 Å². The molecule has 0 spiro atoms. The highest BCUT2D eigenvalue weighted by Gasteiger charge is 2.21. The van der Waals surface area contributed by atoms with Crippen LogP contribution < -0.4 is 5.48 Å². The minimum atomic E-state index is -0.312. The van der Waals surface area contributed by atoms with Crippen LogP contribution in [0, 0.1) is 0 Å². The number of amides is 1. The van der Waals surface area contributed by atoms with Gasteiger partial charge in [0.2, 0.25) is 0 Å². The Kier molecular flexibility index (Phi) is 3.91. The van der Waals surface area contributed by atoms with E-state index in [1.54, 1.807) is 10.9 Å². The quantitative estimate of drug-likeness (QED) is 0.849. The summed E-state index contributed by atoms with van der Waals surface area (Å²) in [5, 5.41) is 4.25. The number of pyridine rings is 1. The van der Waals surface area contributed by atoms with Crippen molar-refractivity contribution in [2.45, 2.75) is 19.8 Å². The van der Waals surface area contributed by atoms with Gasteiger partial charge in [0.1, 0.15) is 0 Å². The first-order valence-corrected chi connectivity index (χ1v) is 5.97. The lowest BCUT2D eigenvalue weighted by Crippen LogP contribution is -2.23. The number of carbonyl (C=O) groups is 1. The summed E-state index contributed by atoms with van der Waals surface area (Å²) in [6.45, 7) is 4.00. The molecule has 0 bridgehead atoms. The van der Waals surface area contributed by atoms with Crippen molar-refractivity contribution in [1.82, 2.24) is 20.2 Å². The Labute approximate surface area is 111 Å². The fourth-order valence-electron chi connectivity index (χ4n) is 1.90. The number of carbonyl (C=O) groups excluding carboxylic acids is 1. The van der Waals surface area contributed by atoms with Gasteiger partial charge in [-0.25, -0.2) is 15.1 Å². The number of hydroxylamine groups is 1. The zero-order valence-corrected chi connectivity index (χ0v) is 11.1. The molecule has 2 heterocycles. The van der Waals surface area contributed by atoms with Crippen LogP contribution in [0.5, 0.6) is 0 Å². The van der Waals surface area contributed by atoms with Crippen LogP contribution in [0.15, 0.2) is 30.6 Å². The summed E-state index contributed by atoms with van der Waals surface area (Å²) in [6, 6.07) is 5.56. The molecule has 0 saturated carbocycles. The van der Waals surface area contributed by atoms with Crippen LogP contribution in [0.2, 0.25) is 0 Å². The molecule has 0 radical (unpaired) electrons. The van der Waals surface area contributed by atoms with Crippen molar-refractivity contribution >= 4 is 5.91 Å². The smallest absolute Gasteiger partial charge is 0.277 e. The molecule has 6 heteroatoms. The van der Waals surface area contributed by atoms with Crippen molar-refractivity contribution in [3.05, 3.63) is 41.9 Å². The summed E-state index contributed by atoms with van der Waals surface area (Å²) in [4.78, 5) is 20.8. The zero-order chi connectivity index (χ0) is 13.8. The van der Waals surface area contributed by atoms with Crippen molar-refractivity contribution in [3.8, 4) is 5.82 Å². The van der Waals surface area contributed by atoms with Crippen LogP contribution in [0.1, 0.15) is 35.8 Å². The zero-order valence-electron chi connectivity index (χ0n) is 11.1. The second kappa shape index (κ2) is 5.62. The highest BCUT2D eigenvalue weighted by Crippen LogP contribution is 2.22. The molecule has 0 fully saturated rings. The Morgan fingerprint density at radius 3 is 2.79 bits per heavy atom. The number of rotatable bonds is 4. The van der Waals surface area contributed by atoms with E-state index in [0.717, 1.165) is 5.69 Å². The number of hydrogen-bond donors (Lipinski definition) is 1. The van der Waals surface area contributed by atoms with Crippen molar-refractivity contribution in [2.75, 3.05) is 7.11 Å². The van der Waals surface area contributed by atoms with Crippen molar-refractivity contribution in [2.24, 2.45) is 0 Å². The first-order valence-electron chi connectivity index (χ1n) is 5.97. The van der Waals surface area contributed by atoms with E-state index in [4.69, 9.17) is 0 Å². The topological polar surface area (TPSA) is 69.0 Å². The number of nitrogens with zero attached hydrogens (tertiary/aromatic N) is 3. The van der Waals surface area contributed by atoms with E-state index >= 15 is 0 Å². The summed E-state index contributed by atoms with van der Waals surface area (Å²) in [5.74, 6) is 0.498. The molecule has 1 N–H and O–H groups in total. The molecule has 0 aliphatic heterocycles. The standard InChI is InChI=1S/C13H16N4O2/c1-9(2)12-10(13(18)16-19-3)8-15-17(12)11-6-4-5-7-14-11/h4-9H,1-3H3,(H,16,18). The van der Waals surface area contributed by atoms with Gasteiger partial charge in [0.05, 0.1) is 24.6 Å². The van der Waals surface area contributed by atoms with Gasteiger partial charge in [0.25, 0.3) is 5.91 Å². The van der Waals surface area contributed by atoms with E-state index in [9.17, 15) is 4.79 Å². The van der Waals surface area contributed by atoms with Gasteiger partial charge in [-0.3, -0.25) is 9.63 Å². The van der Waals surface area contributed by atoms with E-state index in [1.807, 2.05) is 32.0 Å².